The number of fused-ring (bicyclic) bond motifs is 1. The van der Waals surface area contributed by atoms with Gasteiger partial charge in [0.05, 0.1) is 32.2 Å². The molecule has 3 aromatic carbocycles. The molecular formula is C23H26N2O6S. The van der Waals surface area contributed by atoms with Gasteiger partial charge in [-0.1, -0.05) is 30.3 Å². The zero-order chi connectivity index (χ0) is 23.1. The van der Waals surface area contributed by atoms with Gasteiger partial charge in [-0.05, 0) is 35.0 Å². The van der Waals surface area contributed by atoms with Crippen LogP contribution in [0.25, 0.3) is 10.8 Å². The molecule has 3 aromatic rings. The number of ether oxygens (including phenoxy) is 3. The molecule has 0 fully saturated rings. The summed E-state index contributed by atoms with van der Waals surface area (Å²) in [7, 11) is 0.351. The fourth-order valence-corrected chi connectivity index (χ4v) is 4.26. The van der Waals surface area contributed by atoms with Crippen LogP contribution in [0.1, 0.15) is 0 Å². The minimum atomic E-state index is -3.88. The summed E-state index contributed by atoms with van der Waals surface area (Å²) in [6.07, 6.45) is 0. The van der Waals surface area contributed by atoms with Crippen LogP contribution in [0.2, 0.25) is 0 Å². The molecule has 170 valence electrons. The topological polar surface area (TPSA) is 94.2 Å². The van der Waals surface area contributed by atoms with Crippen molar-refractivity contribution in [1.29, 1.82) is 0 Å². The summed E-state index contributed by atoms with van der Waals surface area (Å²) < 4.78 is 42.5. The zero-order valence-electron chi connectivity index (χ0n) is 18.2. The summed E-state index contributed by atoms with van der Waals surface area (Å²) in [5.41, 5.74) is 0. The summed E-state index contributed by atoms with van der Waals surface area (Å²) in [5.74, 6) is 0.972. The molecule has 32 heavy (non-hydrogen) atoms. The van der Waals surface area contributed by atoms with Crippen molar-refractivity contribution >= 4 is 26.7 Å². The van der Waals surface area contributed by atoms with Crippen molar-refractivity contribution in [3.8, 4) is 17.2 Å². The van der Waals surface area contributed by atoms with Gasteiger partial charge in [0, 0.05) is 13.1 Å². The zero-order valence-corrected chi connectivity index (χ0v) is 19.0. The van der Waals surface area contributed by atoms with Crippen LogP contribution in [0, 0.1) is 0 Å². The molecule has 1 N–H and O–H groups in total. The van der Waals surface area contributed by atoms with E-state index in [0.717, 1.165) is 15.1 Å². The predicted octanol–water partition coefficient (Wildman–Crippen LogP) is 2.67. The van der Waals surface area contributed by atoms with E-state index in [9.17, 15) is 13.2 Å². The Kier molecular flexibility index (Phi) is 7.55. The SMILES string of the molecule is COc1ccc(S(=O)(=O)N(C)CC(=O)NCCOc2ccc3ccccc3c2)cc1OC. The third-order valence-electron chi connectivity index (χ3n) is 4.84. The molecule has 9 heteroatoms. The van der Waals surface area contributed by atoms with Gasteiger partial charge in [0.15, 0.2) is 11.5 Å². The van der Waals surface area contributed by atoms with E-state index in [0.29, 0.717) is 11.5 Å². The molecule has 0 aromatic heterocycles. The molecule has 0 aliphatic heterocycles. The lowest BCUT2D eigenvalue weighted by molar-refractivity contribution is -0.121. The monoisotopic (exact) mass is 458 g/mol. The van der Waals surface area contributed by atoms with Crippen LogP contribution in [0.4, 0.5) is 0 Å². The average Bonchev–Trinajstić information content (AvgIpc) is 2.81. The van der Waals surface area contributed by atoms with E-state index >= 15 is 0 Å². The quantitative estimate of drug-likeness (QED) is 0.470. The Balaban J connectivity index is 1.51. The van der Waals surface area contributed by atoms with Crippen LogP contribution in [0.15, 0.2) is 65.6 Å². The number of amides is 1. The maximum atomic E-state index is 12.8. The van der Waals surface area contributed by atoms with Crippen molar-refractivity contribution in [3.05, 3.63) is 60.7 Å². The Hall–Kier alpha value is -3.30. The highest BCUT2D eigenvalue weighted by molar-refractivity contribution is 7.89. The number of benzene rings is 3. The van der Waals surface area contributed by atoms with Crippen LogP contribution < -0.4 is 19.5 Å². The Bertz CT molecular complexity index is 1200. The van der Waals surface area contributed by atoms with Gasteiger partial charge in [0.2, 0.25) is 15.9 Å². The van der Waals surface area contributed by atoms with E-state index in [2.05, 4.69) is 5.32 Å². The third-order valence-corrected chi connectivity index (χ3v) is 6.64. The molecule has 0 unspecified atom stereocenters. The molecule has 0 radical (unpaired) electrons. The molecular weight excluding hydrogens is 432 g/mol. The second-order valence-corrected chi connectivity index (χ2v) is 9.03. The summed E-state index contributed by atoms with van der Waals surface area (Å²) in [4.78, 5) is 12.2. The van der Waals surface area contributed by atoms with Crippen LogP contribution in [-0.4, -0.2) is 59.6 Å². The van der Waals surface area contributed by atoms with E-state index in [1.807, 2.05) is 42.5 Å². The number of hydrogen-bond acceptors (Lipinski definition) is 6. The Morgan fingerprint density at radius 2 is 1.66 bits per heavy atom. The first-order valence-corrected chi connectivity index (χ1v) is 11.4. The minimum absolute atomic E-state index is 0.00471. The van der Waals surface area contributed by atoms with Crippen molar-refractivity contribution in [2.75, 3.05) is 41.0 Å². The van der Waals surface area contributed by atoms with Crippen molar-refractivity contribution in [3.63, 3.8) is 0 Å². The molecule has 0 saturated heterocycles. The smallest absolute Gasteiger partial charge is 0.243 e. The Morgan fingerprint density at radius 3 is 2.38 bits per heavy atom. The van der Waals surface area contributed by atoms with Crippen LogP contribution in [0.3, 0.4) is 0 Å². The molecule has 8 nitrogen and oxygen atoms in total. The molecule has 3 rings (SSSR count). The van der Waals surface area contributed by atoms with Crippen molar-refractivity contribution in [2.24, 2.45) is 0 Å². The first kappa shape index (κ1) is 23.4. The highest BCUT2D eigenvalue weighted by atomic mass is 32.2. The van der Waals surface area contributed by atoms with Crippen molar-refractivity contribution in [1.82, 2.24) is 9.62 Å². The lowest BCUT2D eigenvalue weighted by atomic mass is 10.1. The summed E-state index contributed by atoms with van der Waals surface area (Å²) in [6, 6.07) is 18.0. The van der Waals surface area contributed by atoms with E-state index in [4.69, 9.17) is 14.2 Å². The number of rotatable bonds is 10. The molecule has 0 atom stereocenters. The Labute approximate surface area is 187 Å². The molecule has 0 heterocycles. The van der Waals surface area contributed by atoms with Gasteiger partial charge in [-0.15, -0.1) is 0 Å². The minimum Gasteiger partial charge on any atom is -0.493 e. The van der Waals surface area contributed by atoms with Gasteiger partial charge < -0.3 is 19.5 Å². The number of hydrogen-bond donors (Lipinski definition) is 1. The first-order chi connectivity index (χ1) is 15.3. The molecule has 1 amide bonds. The maximum absolute atomic E-state index is 12.8. The predicted molar refractivity (Wildman–Crippen MR) is 122 cm³/mol. The number of nitrogens with zero attached hydrogens (tertiary/aromatic N) is 1. The van der Waals surface area contributed by atoms with Gasteiger partial charge in [-0.25, -0.2) is 8.42 Å². The maximum Gasteiger partial charge on any atom is 0.243 e. The van der Waals surface area contributed by atoms with Gasteiger partial charge >= 0.3 is 0 Å². The number of sulfonamides is 1. The number of carbonyl (C=O) groups excluding carboxylic acids is 1. The van der Waals surface area contributed by atoms with Gasteiger partial charge in [0.25, 0.3) is 0 Å². The highest BCUT2D eigenvalue weighted by Gasteiger charge is 2.24. The molecule has 0 saturated carbocycles. The normalized spacial score (nSPS) is 11.4. The lowest BCUT2D eigenvalue weighted by Gasteiger charge is -2.18. The number of methoxy groups -OCH3 is 2. The van der Waals surface area contributed by atoms with Gasteiger partial charge in [0.1, 0.15) is 12.4 Å². The van der Waals surface area contributed by atoms with Crippen LogP contribution in [0.5, 0.6) is 17.2 Å². The van der Waals surface area contributed by atoms with E-state index < -0.39 is 15.9 Å². The molecule has 0 aliphatic rings. The van der Waals surface area contributed by atoms with Crippen LogP contribution in [-0.2, 0) is 14.8 Å². The highest BCUT2D eigenvalue weighted by Crippen LogP contribution is 2.30. The lowest BCUT2D eigenvalue weighted by Crippen LogP contribution is -2.39. The average molecular weight is 459 g/mol. The number of nitrogens with one attached hydrogen (secondary N) is 1. The molecule has 0 spiro atoms. The van der Waals surface area contributed by atoms with Crippen LogP contribution >= 0.6 is 0 Å². The first-order valence-electron chi connectivity index (χ1n) is 9.92. The number of likely N-dealkylation sites (N-methyl/N-ethyl adjacent to an activating group) is 1. The summed E-state index contributed by atoms with van der Waals surface area (Å²) >= 11 is 0. The van der Waals surface area contributed by atoms with E-state index in [1.54, 1.807) is 0 Å². The Morgan fingerprint density at radius 1 is 0.938 bits per heavy atom. The second kappa shape index (κ2) is 10.3. The fourth-order valence-electron chi connectivity index (χ4n) is 3.12. The van der Waals surface area contributed by atoms with E-state index in [1.165, 1.54) is 39.5 Å². The summed E-state index contributed by atoms with van der Waals surface area (Å²) in [6.45, 7) is 0.179. The van der Waals surface area contributed by atoms with Gasteiger partial charge in [-0.2, -0.15) is 4.31 Å². The van der Waals surface area contributed by atoms with E-state index in [-0.39, 0.29) is 30.3 Å². The van der Waals surface area contributed by atoms with Gasteiger partial charge in [-0.3, -0.25) is 4.79 Å². The largest absolute Gasteiger partial charge is 0.493 e. The molecule has 0 aliphatic carbocycles. The van der Waals surface area contributed by atoms with Crippen molar-refractivity contribution in [2.45, 2.75) is 4.90 Å². The summed E-state index contributed by atoms with van der Waals surface area (Å²) in [5, 5.41) is 4.85. The standard InChI is InChI=1S/C23H26N2O6S/c1-25(32(27,28)20-10-11-21(29-2)22(15-20)30-3)16-23(26)24-12-13-31-19-9-8-17-6-4-5-7-18(17)14-19/h4-11,14-15H,12-13,16H2,1-3H3,(H,24,26). The molecule has 0 bridgehead atoms. The number of carbonyl (C=O) groups is 1. The third kappa shape index (κ3) is 5.49. The fraction of sp³-hybridized carbons (Fsp3) is 0.261. The van der Waals surface area contributed by atoms with Crippen molar-refractivity contribution < 1.29 is 27.4 Å². The second-order valence-electron chi connectivity index (χ2n) is 6.99.